The van der Waals surface area contributed by atoms with Gasteiger partial charge in [-0.25, -0.2) is 13.1 Å². The lowest BCUT2D eigenvalue weighted by Gasteiger charge is -2.35. The molecule has 1 aliphatic rings. The summed E-state index contributed by atoms with van der Waals surface area (Å²) in [6.07, 6.45) is 0.00318. The average molecular weight is 490 g/mol. The third-order valence-electron chi connectivity index (χ3n) is 5.69. The van der Waals surface area contributed by atoms with Crippen LogP contribution < -0.4 is 14.8 Å². The van der Waals surface area contributed by atoms with Gasteiger partial charge in [-0.05, 0) is 36.8 Å². The summed E-state index contributed by atoms with van der Waals surface area (Å²) >= 11 is 0. The van der Waals surface area contributed by atoms with E-state index in [1.807, 2.05) is 24.3 Å². The van der Waals surface area contributed by atoms with Crippen LogP contribution in [0.25, 0.3) is 0 Å². The molecular formula is C24H31N3O6S. The number of benzene rings is 2. The first-order valence-electron chi connectivity index (χ1n) is 11.1. The lowest BCUT2D eigenvalue weighted by atomic mass is 10.0. The van der Waals surface area contributed by atoms with Gasteiger partial charge in [0.2, 0.25) is 15.9 Å². The van der Waals surface area contributed by atoms with Gasteiger partial charge in [0.1, 0.15) is 5.75 Å². The minimum atomic E-state index is -3.77. The standard InChI is InChI=1S/C24H31N3O6S/c1-18(28)19-5-9-22(10-6-19)34(30,31)26-12-11-24(29)25-17-23(27-13-15-33-16-14-27)20-3-7-21(32-2)8-4-20/h3-10,23,26H,11-17H2,1-2H3,(H,25,29). The molecule has 0 spiro atoms. The molecule has 10 heteroatoms. The summed E-state index contributed by atoms with van der Waals surface area (Å²) in [6, 6.07) is 13.4. The molecule has 9 nitrogen and oxygen atoms in total. The van der Waals surface area contributed by atoms with Crippen molar-refractivity contribution >= 4 is 21.7 Å². The highest BCUT2D eigenvalue weighted by Crippen LogP contribution is 2.23. The maximum atomic E-state index is 12.5. The van der Waals surface area contributed by atoms with Gasteiger partial charge in [-0.2, -0.15) is 0 Å². The molecule has 34 heavy (non-hydrogen) atoms. The average Bonchev–Trinajstić information content (AvgIpc) is 2.85. The van der Waals surface area contributed by atoms with Gasteiger partial charge >= 0.3 is 0 Å². The fourth-order valence-corrected chi connectivity index (χ4v) is 4.75. The summed E-state index contributed by atoms with van der Waals surface area (Å²) in [5.41, 5.74) is 1.49. The Labute approximate surface area is 200 Å². The highest BCUT2D eigenvalue weighted by Gasteiger charge is 2.23. The number of amides is 1. The molecule has 1 atom stereocenters. The minimum absolute atomic E-state index is 0.00318. The normalized spacial score (nSPS) is 15.5. The lowest BCUT2D eigenvalue weighted by molar-refractivity contribution is -0.121. The van der Waals surface area contributed by atoms with Gasteiger partial charge in [0.25, 0.3) is 0 Å². The predicted molar refractivity (Wildman–Crippen MR) is 127 cm³/mol. The highest BCUT2D eigenvalue weighted by atomic mass is 32.2. The Morgan fingerprint density at radius 2 is 1.71 bits per heavy atom. The van der Waals surface area contributed by atoms with E-state index in [-0.39, 0.29) is 35.6 Å². The first kappa shape index (κ1) is 25.8. The second kappa shape index (κ2) is 12.1. The molecule has 1 unspecified atom stereocenters. The number of hydrogen-bond donors (Lipinski definition) is 2. The SMILES string of the molecule is COc1ccc(C(CNC(=O)CCNS(=O)(=O)c2ccc(C(C)=O)cc2)N2CCOCC2)cc1. The van der Waals surface area contributed by atoms with E-state index in [1.54, 1.807) is 7.11 Å². The van der Waals surface area contributed by atoms with E-state index in [2.05, 4.69) is 14.9 Å². The summed E-state index contributed by atoms with van der Waals surface area (Å²) in [5.74, 6) is 0.372. The van der Waals surface area contributed by atoms with Crippen LogP contribution in [0.1, 0.15) is 35.3 Å². The maximum absolute atomic E-state index is 12.5. The minimum Gasteiger partial charge on any atom is -0.497 e. The van der Waals surface area contributed by atoms with Crippen molar-refractivity contribution in [2.45, 2.75) is 24.3 Å². The number of carbonyl (C=O) groups excluding carboxylic acids is 2. The zero-order chi connectivity index (χ0) is 24.6. The van der Waals surface area contributed by atoms with Crippen LogP contribution in [-0.4, -0.2) is 71.5 Å². The van der Waals surface area contributed by atoms with Gasteiger partial charge in [0.15, 0.2) is 5.78 Å². The van der Waals surface area contributed by atoms with Crippen LogP contribution in [0.2, 0.25) is 0 Å². The van der Waals surface area contributed by atoms with Gasteiger partial charge in [-0.3, -0.25) is 14.5 Å². The number of morpholine rings is 1. The Hall–Kier alpha value is -2.79. The molecule has 0 saturated carbocycles. The van der Waals surface area contributed by atoms with Crippen LogP contribution in [0.15, 0.2) is 53.4 Å². The number of Topliss-reactive ketones (excluding diaryl/α,β-unsaturated/α-hetero) is 1. The zero-order valence-corrected chi connectivity index (χ0v) is 20.3. The molecule has 1 amide bonds. The summed E-state index contributed by atoms with van der Waals surface area (Å²) in [4.78, 5) is 26.1. The quantitative estimate of drug-likeness (QED) is 0.462. The molecule has 184 valence electrons. The molecular weight excluding hydrogens is 458 g/mol. The molecule has 0 aliphatic carbocycles. The molecule has 1 saturated heterocycles. The summed E-state index contributed by atoms with van der Waals surface area (Å²) in [7, 11) is -2.16. The number of carbonyl (C=O) groups is 2. The Kier molecular flexibility index (Phi) is 9.17. The molecule has 0 bridgehead atoms. The molecule has 0 aromatic heterocycles. The first-order chi connectivity index (χ1) is 16.3. The van der Waals surface area contributed by atoms with Gasteiger partial charge in [0.05, 0.1) is 31.3 Å². The Morgan fingerprint density at radius 3 is 2.29 bits per heavy atom. The number of nitrogens with zero attached hydrogens (tertiary/aromatic N) is 1. The van der Waals surface area contributed by atoms with Crippen molar-refractivity contribution < 1.29 is 27.5 Å². The van der Waals surface area contributed by atoms with E-state index < -0.39 is 10.0 Å². The number of rotatable bonds is 11. The monoisotopic (exact) mass is 489 g/mol. The number of ketones is 1. The summed E-state index contributed by atoms with van der Waals surface area (Å²) in [6.45, 7) is 4.56. The summed E-state index contributed by atoms with van der Waals surface area (Å²) in [5, 5.41) is 2.93. The van der Waals surface area contributed by atoms with Crippen LogP contribution in [0, 0.1) is 0 Å². The van der Waals surface area contributed by atoms with Crippen molar-refractivity contribution in [1.82, 2.24) is 14.9 Å². The molecule has 0 radical (unpaired) electrons. The topological polar surface area (TPSA) is 114 Å². The third-order valence-corrected chi connectivity index (χ3v) is 7.17. The van der Waals surface area contributed by atoms with E-state index in [9.17, 15) is 18.0 Å². The fraction of sp³-hybridized carbons (Fsp3) is 0.417. The predicted octanol–water partition coefficient (Wildman–Crippen LogP) is 1.76. The van der Waals surface area contributed by atoms with E-state index in [0.29, 0.717) is 25.3 Å². The van der Waals surface area contributed by atoms with Gasteiger partial charge in [-0.15, -0.1) is 0 Å². The number of hydrogen-bond acceptors (Lipinski definition) is 7. The molecule has 1 heterocycles. The van der Waals surface area contributed by atoms with Crippen molar-refractivity contribution in [2.24, 2.45) is 0 Å². The highest BCUT2D eigenvalue weighted by molar-refractivity contribution is 7.89. The molecule has 1 fully saturated rings. The summed E-state index contributed by atoms with van der Waals surface area (Å²) < 4.78 is 38.0. The van der Waals surface area contributed by atoms with Crippen molar-refractivity contribution in [3.63, 3.8) is 0 Å². The van der Waals surface area contributed by atoms with Gasteiger partial charge < -0.3 is 14.8 Å². The van der Waals surface area contributed by atoms with Crippen molar-refractivity contribution in [2.75, 3.05) is 46.5 Å². The number of sulfonamides is 1. The van der Waals surface area contributed by atoms with Crippen LogP contribution in [0.4, 0.5) is 0 Å². The number of ether oxygens (including phenoxy) is 2. The van der Waals surface area contributed by atoms with Crippen LogP contribution >= 0.6 is 0 Å². The van der Waals surface area contributed by atoms with Crippen molar-refractivity contribution in [3.8, 4) is 5.75 Å². The molecule has 2 N–H and O–H groups in total. The Bertz CT molecular complexity index is 1060. The van der Waals surface area contributed by atoms with Gasteiger partial charge in [-0.1, -0.05) is 24.3 Å². The largest absolute Gasteiger partial charge is 0.497 e. The molecule has 3 rings (SSSR count). The van der Waals surface area contributed by atoms with Crippen LogP contribution in [0.3, 0.4) is 0 Å². The van der Waals surface area contributed by atoms with Crippen molar-refractivity contribution in [3.05, 3.63) is 59.7 Å². The van der Waals surface area contributed by atoms with Crippen molar-refractivity contribution in [1.29, 1.82) is 0 Å². The smallest absolute Gasteiger partial charge is 0.240 e. The maximum Gasteiger partial charge on any atom is 0.240 e. The Morgan fingerprint density at radius 1 is 1.06 bits per heavy atom. The zero-order valence-electron chi connectivity index (χ0n) is 19.5. The number of methoxy groups -OCH3 is 1. The van der Waals surface area contributed by atoms with Gasteiger partial charge in [0, 0.05) is 38.2 Å². The van der Waals surface area contributed by atoms with E-state index in [1.165, 1.54) is 31.2 Å². The van der Waals surface area contributed by atoms with E-state index in [4.69, 9.17) is 9.47 Å². The Balaban J connectivity index is 1.54. The molecule has 2 aromatic rings. The second-order valence-corrected chi connectivity index (χ2v) is 9.74. The third kappa shape index (κ3) is 7.10. The second-order valence-electron chi connectivity index (χ2n) is 7.97. The fourth-order valence-electron chi connectivity index (χ4n) is 3.72. The van der Waals surface area contributed by atoms with Crippen LogP contribution in [-0.2, 0) is 19.6 Å². The molecule has 2 aromatic carbocycles. The van der Waals surface area contributed by atoms with E-state index >= 15 is 0 Å². The number of nitrogens with one attached hydrogen (secondary N) is 2. The van der Waals surface area contributed by atoms with Crippen LogP contribution in [0.5, 0.6) is 5.75 Å². The van der Waals surface area contributed by atoms with E-state index in [0.717, 1.165) is 24.4 Å². The molecule has 1 aliphatic heterocycles. The lowest BCUT2D eigenvalue weighted by Crippen LogP contribution is -2.44. The first-order valence-corrected chi connectivity index (χ1v) is 12.6.